The van der Waals surface area contributed by atoms with Crippen LogP contribution in [0.2, 0.25) is 0 Å². The molecule has 0 radical (unpaired) electrons. The Morgan fingerprint density at radius 1 is 1.12 bits per heavy atom. The Morgan fingerprint density at radius 2 is 1.88 bits per heavy atom. The summed E-state index contributed by atoms with van der Waals surface area (Å²) >= 11 is 0. The van der Waals surface area contributed by atoms with Crippen LogP contribution in [0.5, 0.6) is 23.0 Å². The second-order valence-electron chi connectivity index (χ2n) is 6.31. The Bertz CT molecular complexity index is 682. The van der Waals surface area contributed by atoms with Crippen molar-refractivity contribution in [2.24, 2.45) is 0 Å². The molecule has 0 spiro atoms. The summed E-state index contributed by atoms with van der Waals surface area (Å²) in [6.07, 6.45) is 1.99. The van der Waals surface area contributed by atoms with E-state index >= 15 is 0 Å². The zero-order chi connectivity index (χ0) is 17.6. The van der Waals surface area contributed by atoms with E-state index in [1.54, 1.807) is 19.2 Å². The summed E-state index contributed by atoms with van der Waals surface area (Å²) in [4.78, 5) is 0. The highest BCUT2D eigenvalue weighted by atomic mass is 16.6. The van der Waals surface area contributed by atoms with Gasteiger partial charge in [0.1, 0.15) is 19.0 Å². The molecule has 134 valence electrons. The number of aryl methyl sites for hydroxylation is 1. The molecule has 5 nitrogen and oxygen atoms in total. The maximum absolute atomic E-state index is 9.33. The van der Waals surface area contributed by atoms with Gasteiger partial charge < -0.3 is 24.6 Å². The quantitative estimate of drug-likeness (QED) is 0.808. The number of ether oxygens (including phenoxy) is 3. The van der Waals surface area contributed by atoms with Crippen LogP contribution in [0.3, 0.4) is 0 Å². The van der Waals surface area contributed by atoms with Crippen LogP contribution in [-0.2, 0) is 13.0 Å². The Labute approximate surface area is 148 Å². The third kappa shape index (κ3) is 4.57. The summed E-state index contributed by atoms with van der Waals surface area (Å²) in [7, 11) is 1.64. The molecule has 1 atom stereocenters. The molecule has 2 aromatic carbocycles. The Kier molecular flexibility index (Phi) is 5.66. The lowest BCUT2D eigenvalue weighted by Gasteiger charge is -2.22. The zero-order valence-electron chi connectivity index (χ0n) is 14.7. The number of nitrogens with one attached hydrogen (secondary N) is 1. The molecule has 3 rings (SSSR count). The highest BCUT2D eigenvalue weighted by Crippen LogP contribution is 2.40. The third-order valence-electron chi connectivity index (χ3n) is 4.34. The Morgan fingerprint density at radius 3 is 2.64 bits per heavy atom. The molecule has 0 fully saturated rings. The molecule has 0 aliphatic carbocycles. The van der Waals surface area contributed by atoms with Crippen LogP contribution >= 0.6 is 0 Å². The van der Waals surface area contributed by atoms with Gasteiger partial charge in [-0.2, -0.15) is 0 Å². The average Bonchev–Trinajstić information content (AvgIpc) is 2.65. The molecule has 0 amide bonds. The topological polar surface area (TPSA) is 60.0 Å². The maximum Gasteiger partial charge on any atom is 0.203 e. The normalized spacial score (nSPS) is 14.2. The summed E-state index contributed by atoms with van der Waals surface area (Å²) < 4.78 is 16.7. The second kappa shape index (κ2) is 8.12. The first-order valence-corrected chi connectivity index (χ1v) is 8.63. The minimum absolute atomic E-state index is 0.308. The largest absolute Gasteiger partial charge is 0.508 e. The van der Waals surface area contributed by atoms with Crippen molar-refractivity contribution in [2.75, 3.05) is 20.3 Å². The van der Waals surface area contributed by atoms with E-state index in [0.717, 1.165) is 30.7 Å². The van der Waals surface area contributed by atoms with Crippen molar-refractivity contribution >= 4 is 0 Å². The molecular weight excluding hydrogens is 318 g/mol. The van der Waals surface area contributed by atoms with Gasteiger partial charge in [-0.3, -0.25) is 0 Å². The molecule has 1 aliphatic heterocycles. The van der Waals surface area contributed by atoms with Gasteiger partial charge in [-0.15, -0.1) is 0 Å². The van der Waals surface area contributed by atoms with Crippen LogP contribution in [0.1, 0.15) is 24.5 Å². The fourth-order valence-corrected chi connectivity index (χ4v) is 2.87. The van der Waals surface area contributed by atoms with Crippen molar-refractivity contribution in [3.8, 4) is 23.0 Å². The van der Waals surface area contributed by atoms with Gasteiger partial charge in [0.25, 0.3) is 0 Å². The van der Waals surface area contributed by atoms with Gasteiger partial charge >= 0.3 is 0 Å². The lowest BCUT2D eigenvalue weighted by Crippen LogP contribution is -2.26. The summed E-state index contributed by atoms with van der Waals surface area (Å²) in [6.45, 7) is 4.03. The van der Waals surface area contributed by atoms with Gasteiger partial charge in [0.05, 0.1) is 7.11 Å². The van der Waals surface area contributed by atoms with E-state index in [9.17, 15) is 5.11 Å². The Hall–Kier alpha value is -2.40. The predicted octanol–water partition coefficient (Wildman–Crippen LogP) is 3.28. The van der Waals surface area contributed by atoms with Crippen LogP contribution in [0.4, 0.5) is 0 Å². The van der Waals surface area contributed by atoms with Crippen molar-refractivity contribution < 1.29 is 19.3 Å². The molecule has 1 unspecified atom stereocenters. The van der Waals surface area contributed by atoms with E-state index in [2.05, 4.69) is 12.2 Å². The molecule has 25 heavy (non-hydrogen) atoms. The van der Waals surface area contributed by atoms with Gasteiger partial charge in [0.15, 0.2) is 11.5 Å². The number of phenols is 1. The monoisotopic (exact) mass is 343 g/mol. The number of methoxy groups -OCH3 is 1. The van der Waals surface area contributed by atoms with Crippen LogP contribution in [-0.4, -0.2) is 31.5 Å². The van der Waals surface area contributed by atoms with E-state index in [1.807, 2.05) is 24.3 Å². The molecule has 0 saturated heterocycles. The Balaban J connectivity index is 1.54. The molecule has 2 aromatic rings. The number of rotatable bonds is 7. The molecule has 5 heteroatoms. The second-order valence-corrected chi connectivity index (χ2v) is 6.31. The van der Waals surface area contributed by atoms with Gasteiger partial charge in [-0.1, -0.05) is 12.1 Å². The summed E-state index contributed by atoms with van der Waals surface area (Å²) in [6, 6.07) is 11.8. The number of phenolic OH excluding ortho intramolecular Hbond substituents is 1. The first-order valence-electron chi connectivity index (χ1n) is 8.63. The maximum atomic E-state index is 9.33. The zero-order valence-corrected chi connectivity index (χ0v) is 14.7. The first-order chi connectivity index (χ1) is 12.2. The molecule has 0 aromatic heterocycles. The van der Waals surface area contributed by atoms with Gasteiger partial charge in [-0.25, -0.2) is 0 Å². The molecule has 0 bridgehead atoms. The smallest absolute Gasteiger partial charge is 0.203 e. The van der Waals surface area contributed by atoms with E-state index < -0.39 is 0 Å². The van der Waals surface area contributed by atoms with Crippen LogP contribution in [0.25, 0.3) is 0 Å². The lowest BCUT2D eigenvalue weighted by molar-refractivity contribution is 0.165. The van der Waals surface area contributed by atoms with Crippen molar-refractivity contribution in [1.82, 2.24) is 5.32 Å². The van der Waals surface area contributed by atoms with E-state index in [-0.39, 0.29) is 0 Å². The van der Waals surface area contributed by atoms with E-state index in [0.29, 0.717) is 36.5 Å². The highest BCUT2D eigenvalue weighted by Gasteiger charge is 2.18. The van der Waals surface area contributed by atoms with Crippen LogP contribution in [0.15, 0.2) is 36.4 Å². The van der Waals surface area contributed by atoms with Gasteiger partial charge in [0.2, 0.25) is 5.75 Å². The molecule has 0 saturated carbocycles. The fourth-order valence-electron chi connectivity index (χ4n) is 2.87. The number of fused-ring (bicyclic) bond motifs is 1. The predicted molar refractivity (Wildman–Crippen MR) is 96.7 cm³/mol. The van der Waals surface area contributed by atoms with E-state index in [1.165, 1.54) is 5.56 Å². The molecular formula is C20H25NO4. The van der Waals surface area contributed by atoms with Crippen molar-refractivity contribution in [1.29, 1.82) is 0 Å². The van der Waals surface area contributed by atoms with Crippen molar-refractivity contribution in [2.45, 2.75) is 32.4 Å². The van der Waals surface area contributed by atoms with Gasteiger partial charge in [-0.05, 0) is 55.2 Å². The average molecular weight is 343 g/mol. The van der Waals surface area contributed by atoms with Gasteiger partial charge in [0, 0.05) is 12.6 Å². The number of aromatic hydroxyl groups is 1. The van der Waals surface area contributed by atoms with Crippen LogP contribution < -0.4 is 19.5 Å². The number of hydrogen-bond acceptors (Lipinski definition) is 5. The third-order valence-corrected chi connectivity index (χ3v) is 4.34. The minimum atomic E-state index is 0.308. The highest BCUT2D eigenvalue weighted by molar-refractivity contribution is 5.54. The van der Waals surface area contributed by atoms with Crippen molar-refractivity contribution in [3.63, 3.8) is 0 Å². The summed E-state index contributed by atoms with van der Waals surface area (Å²) in [5.41, 5.74) is 2.34. The summed E-state index contributed by atoms with van der Waals surface area (Å²) in [5.74, 6) is 2.46. The number of benzene rings is 2. The van der Waals surface area contributed by atoms with Crippen LogP contribution in [0, 0.1) is 0 Å². The fraction of sp³-hybridized carbons (Fsp3) is 0.400. The SMILES string of the molecule is COc1cc(CNC(C)CCc2ccc(O)cc2)cc2c1OCCO2. The molecule has 1 heterocycles. The van der Waals surface area contributed by atoms with Crippen molar-refractivity contribution in [3.05, 3.63) is 47.5 Å². The number of hydrogen-bond donors (Lipinski definition) is 2. The standard InChI is InChI=1S/C20H25NO4/c1-14(3-4-15-5-7-17(22)8-6-15)21-13-16-11-18(23-2)20-19(12-16)24-9-10-25-20/h5-8,11-12,14,21-22H,3-4,9-10,13H2,1-2H3. The lowest BCUT2D eigenvalue weighted by atomic mass is 10.1. The molecule has 1 aliphatic rings. The first kappa shape index (κ1) is 17.4. The molecule has 2 N–H and O–H groups in total. The van der Waals surface area contributed by atoms with E-state index in [4.69, 9.17) is 14.2 Å². The summed E-state index contributed by atoms with van der Waals surface area (Å²) in [5, 5.41) is 12.9. The minimum Gasteiger partial charge on any atom is -0.508 e.